The van der Waals surface area contributed by atoms with E-state index in [1.54, 1.807) is 30.3 Å². The minimum Gasteiger partial charge on any atom is -0.456 e. The lowest BCUT2D eigenvalue weighted by Crippen LogP contribution is -2.26. The van der Waals surface area contributed by atoms with Crippen LogP contribution in [0.1, 0.15) is 70.7 Å². The molecule has 5 aromatic carbocycles. The quantitative estimate of drug-likeness (QED) is 0.190. The van der Waals surface area contributed by atoms with Gasteiger partial charge in [0.1, 0.15) is 11.5 Å². The maximum atomic E-state index is 8.67. The van der Waals surface area contributed by atoms with Crippen molar-refractivity contribution in [3.63, 3.8) is 0 Å². The van der Waals surface area contributed by atoms with Crippen LogP contribution in [0.2, 0.25) is 0 Å². The zero-order valence-corrected chi connectivity index (χ0v) is 28.7. The number of pyridine rings is 1. The molecule has 8 aromatic rings. The molecule has 0 spiro atoms. The molecule has 246 valence electrons. The molecule has 0 unspecified atom stereocenters. The molecule has 0 aliphatic carbocycles. The van der Waals surface area contributed by atoms with E-state index in [-0.39, 0.29) is 27.8 Å². The van der Waals surface area contributed by atoms with Crippen LogP contribution in [0.25, 0.3) is 56.0 Å². The van der Waals surface area contributed by atoms with E-state index < -0.39 is 19.1 Å². The van der Waals surface area contributed by atoms with Crippen LogP contribution in [0, 0.1) is 13.7 Å². The summed E-state index contributed by atoms with van der Waals surface area (Å²) in [5.41, 5.74) is 7.82. The monoisotopic (exact) mass is 658 g/mol. The summed E-state index contributed by atoms with van der Waals surface area (Å²) in [6, 6.07) is 36.4. The molecule has 0 saturated carbocycles. The highest BCUT2D eigenvalue weighted by Crippen LogP contribution is 2.53. The topological polar surface area (TPSA) is 44.4 Å². The minimum atomic E-state index is -2.61. The average molecular weight is 659 g/mol. The molecule has 1 aliphatic heterocycles. The highest BCUT2D eigenvalue weighted by molar-refractivity contribution is 5.92. The lowest BCUT2D eigenvalue weighted by molar-refractivity contribution is 0.417. The Morgan fingerprint density at radius 1 is 0.700 bits per heavy atom. The molecule has 4 heterocycles. The summed E-state index contributed by atoms with van der Waals surface area (Å²) in [5, 5.41) is 0. The van der Waals surface area contributed by atoms with E-state index in [1.807, 2.05) is 71.3 Å². The van der Waals surface area contributed by atoms with E-state index in [0.29, 0.717) is 22.9 Å². The third-order valence-electron chi connectivity index (χ3n) is 10.2. The molecule has 5 nitrogen and oxygen atoms in total. The summed E-state index contributed by atoms with van der Waals surface area (Å²) in [6.45, 7) is 5.50. The molecule has 3 aromatic heterocycles. The van der Waals surface area contributed by atoms with E-state index in [0.717, 1.165) is 50.1 Å². The maximum absolute atomic E-state index is 8.67. The van der Waals surface area contributed by atoms with Crippen molar-refractivity contribution in [3.8, 4) is 39.7 Å². The number of hydrogen-bond acceptors (Lipinski definition) is 3. The second-order valence-corrected chi connectivity index (χ2v) is 14.7. The Hall–Kier alpha value is -5.68. The molecule has 1 aliphatic rings. The third kappa shape index (κ3) is 4.39. The van der Waals surface area contributed by atoms with Crippen molar-refractivity contribution in [2.45, 2.75) is 59.2 Å². The summed E-state index contributed by atoms with van der Waals surface area (Å²) in [4.78, 5) is 10.2. The number of aryl methyl sites for hydroxylation is 2. The fraction of sp³-hybridized carbons (Fsp3) is 0.200. The Balaban J connectivity index is 1.35. The van der Waals surface area contributed by atoms with Crippen molar-refractivity contribution in [2.75, 3.05) is 0 Å². The largest absolute Gasteiger partial charge is 0.456 e. The van der Waals surface area contributed by atoms with Gasteiger partial charge in [-0.3, -0.25) is 8.97 Å². The summed E-state index contributed by atoms with van der Waals surface area (Å²) < 4.78 is 62.8. The van der Waals surface area contributed by atoms with Gasteiger partial charge in [-0.05, 0) is 84.3 Å². The van der Waals surface area contributed by atoms with Gasteiger partial charge in [0.05, 0.1) is 33.5 Å². The molecule has 0 radical (unpaired) electrons. The first-order chi connectivity index (χ1) is 26.4. The van der Waals surface area contributed by atoms with E-state index in [1.165, 1.54) is 0 Å². The summed E-state index contributed by atoms with van der Waals surface area (Å²) in [6.07, 6.45) is 0. The normalized spacial score (nSPS) is 16.1. The standard InChI is InChI=1S/C45H40N4O/c1-27-20-22-29(48-37-17-11-12-18-38(37)49-36-16-10-9-15-34(36)47-43(48)49)26-30(27)41-28(2)21-25-35(46-41)40-32(44(3,4)5)23-24-33-42(40)50-39-19-13-8-14-31(39)45(33,6)7/h8-26H,1-7H3/i1D3,2D3. The molecule has 0 amide bonds. The first-order valence-corrected chi connectivity index (χ1v) is 16.9. The molecular formula is C45H40N4O. The van der Waals surface area contributed by atoms with Crippen molar-refractivity contribution in [3.05, 3.63) is 143 Å². The first kappa shape index (κ1) is 24.5. The molecular weight excluding hydrogens is 613 g/mol. The van der Waals surface area contributed by atoms with Crippen LogP contribution < -0.4 is 4.74 Å². The van der Waals surface area contributed by atoms with Crippen molar-refractivity contribution < 1.29 is 13.0 Å². The molecule has 0 saturated heterocycles. The molecule has 0 fully saturated rings. The van der Waals surface area contributed by atoms with Gasteiger partial charge in [-0.25, -0.2) is 9.97 Å². The van der Waals surface area contributed by atoms with Gasteiger partial charge in [0.2, 0.25) is 5.78 Å². The number of hydrogen-bond donors (Lipinski definition) is 0. The fourth-order valence-corrected chi connectivity index (χ4v) is 7.66. The van der Waals surface area contributed by atoms with Crippen LogP contribution in [-0.2, 0) is 10.8 Å². The lowest BCUT2D eigenvalue weighted by Gasteiger charge is -2.37. The molecule has 0 N–H and O–H groups in total. The van der Waals surface area contributed by atoms with Crippen LogP contribution in [0.5, 0.6) is 11.5 Å². The van der Waals surface area contributed by atoms with Crippen molar-refractivity contribution >= 4 is 27.8 Å². The van der Waals surface area contributed by atoms with Gasteiger partial charge >= 0.3 is 0 Å². The SMILES string of the molecule is [2H]C([2H])([2H])c1ccc(-n2c3ccccc3n3c4ccccc4nc23)cc1-c1nc(-c2c(C(C)(C)C)ccc3c2Oc2ccccc2C3(C)C)ccc1C([2H])([2H])[2H]. The number of rotatable bonds is 3. The Morgan fingerprint density at radius 3 is 2.22 bits per heavy atom. The molecule has 50 heavy (non-hydrogen) atoms. The Kier molecular flexibility index (Phi) is 5.21. The van der Waals surface area contributed by atoms with Gasteiger partial charge in [-0.1, -0.05) is 101 Å². The summed E-state index contributed by atoms with van der Waals surface area (Å²) in [5.74, 6) is 2.04. The van der Waals surface area contributed by atoms with E-state index in [9.17, 15) is 0 Å². The molecule has 5 heteroatoms. The minimum absolute atomic E-state index is 0.00479. The van der Waals surface area contributed by atoms with E-state index >= 15 is 0 Å². The number of fused-ring (bicyclic) bond motifs is 7. The highest BCUT2D eigenvalue weighted by Gasteiger charge is 2.38. The number of nitrogens with zero attached hydrogens (tertiary/aromatic N) is 4. The number of para-hydroxylation sites is 5. The second kappa shape index (κ2) is 10.7. The van der Waals surface area contributed by atoms with Crippen LogP contribution in [-0.4, -0.2) is 18.9 Å². The van der Waals surface area contributed by atoms with Gasteiger partial charge in [0.15, 0.2) is 0 Å². The molecule has 0 bridgehead atoms. The van der Waals surface area contributed by atoms with Gasteiger partial charge in [-0.2, -0.15) is 0 Å². The van der Waals surface area contributed by atoms with Crippen LogP contribution in [0.15, 0.2) is 115 Å². The van der Waals surface area contributed by atoms with E-state index in [2.05, 4.69) is 57.2 Å². The number of aromatic nitrogens is 4. The average Bonchev–Trinajstić information content (AvgIpc) is 3.67. The van der Waals surface area contributed by atoms with Gasteiger partial charge in [0, 0.05) is 41.6 Å². The third-order valence-corrected chi connectivity index (χ3v) is 10.2. The number of ether oxygens (including phenoxy) is 1. The Labute approximate surface area is 301 Å². The van der Waals surface area contributed by atoms with Crippen molar-refractivity contribution in [2.24, 2.45) is 0 Å². The van der Waals surface area contributed by atoms with Gasteiger partial charge in [0.25, 0.3) is 0 Å². The summed E-state index contributed by atoms with van der Waals surface area (Å²) >= 11 is 0. The van der Waals surface area contributed by atoms with Crippen LogP contribution in [0.4, 0.5) is 0 Å². The molecule has 0 atom stereocenters. The second-order valence-electron chi connectivity index (χ2n) is 14.7. The molecule has 9 rings (SSSR count). The van der Waals surface area contributed by atoms with Gasteiger partial charge < -0.3 is 4.74 Å². The van der Waals surface area contributed by atoms with E-state index in [4.69, 9.17) is 22.9 Å². The van der Waals surface area contributed by atoms with Gasteiger partial charge in [-0.15, -0.1) is 0 Å². The van der Waals surface area contributed by atoms with Crippen LogP contribution >= 0.6 is 0 Å². The van der Waals surface area contributed by atoms with Crippen molar-refractivity contribution in [1.29, 1.82) is 0 Å². The number of imidazole rings is 2. The number of benzene rings is 5. The summed E-state index contributed by atoms with van der Waals surface area (Å²) in [7, 11) is 0. The fourth-order valence-electron chi connectivity index (χ4n) is 7.66. The predicted octanol–water partition coefficient (Wildman–Crippen LogP) is 11.5. The highest BCUT2D eigenvalue weighted by atomic mass is 16.5. The first-order valence-electron chi connectivity index (χ1n) is 19.9. The van der Waals surface area contributed by atoms with Crippen LogP contribution in [0.3, 0.4) is 0 Å². The smallest absolute Gasteiger partial charge is 0.220 e. The Bertz CT molecular complexity index is 2890. The zero-order valence-electron chi connectivity index (χ0n) is 34.7. The zero-order chi connectivity index (χ0) is 39.5. The predicted molar refractivity (Wildman–Crippen MR) is 205 cm³/mol. The maximum Gasteiger partial charge on any atom is 0.220 e. The lowest BCUT2D eigenvalue weighted by atomic mass is 9.72. The Morgan fingerprint density at radius 2 is 1.42 bits per heavy atom. The van der Waals surface area contributed by atoms with Crippen molar-refractivity contribution in [1.82, 2.24) is 18.9 Å².